The average Bonchev–Trinajstić information content (AvgIpc) is 2.47. The second-order valence-corrected chi connectivity index (χ2v) is 4.90. The van der Waals surface area contributed by atoms with Crippen LogP contribution in [0.4, 0.5) is 19.0 Å². The zero-order valence-corrected chi connectivity index (χ0v) is 11.6. The normalized spacial score (nSPS) is 19.4. The lowest BCUT2D eigenvalue weighted by molar-refractivity contribution is -0.142. The van der Waals surface area contributed by atoms with Crippen LogP contribution in [0.5, 0.6) is 0 Å². The molecule has 0 spiro atoms. The highest BCUT2D eigenvalue weighted by Crippen LogP contribution is 2.29. The summed E-state index contributed by atoms with van der Waals surface area (Å²) in [6, 6.07) is 2.09. The Labute approximate surface area is 120 Å². The molecule has 5 nitrogen and oxygen atoms in total. The smallest absolute Gasteiger partial charge is 0.435 e. The van der Waals surface area contributed by atoms with Crippen LogP contribution in [0.25, 0.3) is 0 Å². The third-order valence-electron chi connectivity index (χ3n) is 3.49. The van der Waals surface area contributed by atoms with Gasteiger partial charge in [-0.15, -0.1) is 10.2 Å². The summed E-state index contributed by atoms with van der Waals surface area (Å²) in [4.78, 5) is 13.2. The Bertz CT molecular complexity index is 490. The first-order valence-electron chi connectivity index (χ1n) is 6.66. The van der Waals surface area contributed by atoms with E-state index < -0.39 is 11.9 Å². The molecule has 1 atom stereocenters. The number of esters is 1. The van der Waals surface area contributed by atoms with E-state index >= 15 is 0 Å². The Morgan fingerprint density at radius 1 is 1.38 bits per heavy atom. The van der Waals surface area contributed by atoms with Crippen molar-refractivity contribution in [3.63, 3.8) is 0 Å². The average molecular weight is 303 g/mol. The molecular weight excluding hydrogens is 287 g/mol. The molecule has 1 fully saturated rings. The number of hydrogen-bond acceptors (Lipinski definition) is 5. The van der Waals surface area contributed by atoms with Crippen LogP contribution in [0, 0.1) is 0 Å². The molecule has 2 rings (SSSR count). The fourth-order valence-electron chi connectivity index (χ4n) is 2.42. The van der Waals surface area contributed by atoms with E-state index in [2.05, 4.69) is 14.9 Å². The summed E-state index contributed by atoms with van der Waals surface area (Å²) in [6.07, 6.45) is -1.66. The molecule has 1 aliphatic heterocycles. The molecular formula is C13H16F3N3O2. The van der Waals surface area contributed by atoms with Gasteiger partial charge in [0.15, 0.2) is 11.5 Å². The highest BCUT2D eigenvalue weighted by Gasteiger charge is 2.33. The maximum atomic E-state index is 12.5. The van der Waals surface area contributed by atoms with Gasteiger partial charge in [0.05, 0.1) is 13.5 Å². The van der Waals surface area contributed by atoms with E-state index in [1.807, 2.05) is 4.90 Å². The fraction of sp³-hybridized carbons (Fsp3) is 0.615. The van der Waals surface area contributed by atoms with Crippen molar-refractivity contribution >= 4 is 11.8 Å². The van der Waals surface area contributed by atoms with Crippen molar-refractivity contribution in [3.05, 3.63) is 17.8 Å². The van der Waals surface area contributed by atoms with Crippen LogP contribution >= 0.6 is 0 Å². The molecule has 1 aliphatic rings. The first-order valence-corrected chi connectivity index (χ1v) is 6.66. The number of piperidine rings is 1. The molecule has 0 aliphatic carbocycles. The molecule has 8 heteroatoms. The van der Waals surface area contributed by atoms with Crippen LogP contribution in [0.3, 0.4) is 0 Å². The second-order valence-electron chi connectivity index (χ2n) is 4.90. The zero-order valence-electron chi connectivity index (χ0n) is 11.6. The number of anilines is 1. The highest BCUT2D eigenvalue weighted by molar-refractivity contribution is 5.70. The van der Waals surface area contributed by atoms with Crippen molar-refractivity contribution in [3.8, 4) is 0 Å². The van der Waals surface area contributed by atoms with Gasteiger partial charge in [-0.25, -0.2) is 0 Å². The van der Waals surface area contributed by atoms with E-state index in [9.17, 15) is 18.0 Å². The first-order chi connectivity index (χ1) is 9.91. The summed E-state index contributed by atoms with van der Waals surface area (Å²) in [5, 5.41) is 6.88. The fourth-order valence-corrected chi connectivity index (χ4v) is 2.42. The third kappa shape index (κ3) is 3.83. The molecule has 1 aromatic heterocycles. The molecule has 0 aromatic carbocycles. The van der Waals surface area contributed by atoms with E-state index in [4.69, 9.17) is 0 Å². The number of carbonyl (C=O) groups excluding carboxylic acids is 1. The predicted molar refractivity (Wildman–Crippen MR) is 68.7 cm³/mol. The largest absolute Gasteiger partial charge is 0.469 e. The van der Waals surface area contributed by atoms with E-state index in [0.717, 1.165) is 25.3 Å². The topological polar surface area (TPSA) is 55.3 Å². The Morgan fingerprint density at radius 3 is 2.71 bits per heavy atom. The van der Waals surface area contributed by atoms with Crippen molar-refractivity contribution in [1.29, 1.82) is 0 Å². The number of halogens is 3. The molecule has 0 bridgehead atoms. The Hall–Kier alpha value is -1.86. The summed E-state index contributed by atoms with van der Waals surface area (Å²) >= 11 is 0. The summed E-state index contributed by atoms with van der Waals surface area (Å²) < 4.78 is 42.1. The highest BCUT2D eigenvalue weighted by atomic mass is 19.4. The quantitative estimate of drug-likeness (QED) is 0.803. The van der Waals surface area contributed by atoms with Gasteiger partial charge in [-0.1, -0.05) is 0 Å². The lowest BCUT2D eigenvalue weighted by Gasteiger charge is -2.35. The maximum Gasteiger partial charge on any atom is 0.435 e. The Kier molecular flexibility index (Phi) is 4.64. The van der Waals surface area contributed by atoms with Crippen LogP contribution in [-0.4, -0.2) is 35.9 Å². The molecule has 2 heterocycles. The van der Waals surface area contributed by atoms with Crippen LogP contribution in [0.15, 0.2) is 12.1 Å². The van der Waals surface area contributed by atoms with Gasteiger partial charge in [0.25, 0.3) is 0 Å². The molecule has 1 unspecified atom stereocenters. The number of nitrogens with zero attached hydrogens (tertiary/aromatic N) is 3. The van der Waals surface area contributed by atoms with Crippen molar-refractivity contribution < 1.29 is 22.7 Å². The molecule has 1 aromatic rings. The molecule has 116 valence electrons. The predicted octanol–water partition coefficient (Wildman–Crippen LogP) is 2.42. The number of hydrogen-bond donors (Lipinski definition) is 0. The standard InChI is InChI=1S/C13H16F3N3O2/c1-21-12(20)8-9-4-2-3-7-19(9)11-6-5-10(17-18-11)13(14,15)16/h5-6,9H,2-4,7-8H2,1H3. The van der Waals surface area contributed by atoms with E-state index in [0.29, 0.717) is 12.4 Å². The van der Waals surface area contributed by atoms with Crippen LogP contribution in [0.2, 0.25) is 0 Å². The lowest BCUT2D eigenvalue weighted by Crippen LogP contribution is -2.41. The minimum atomic E-state index is -4.50. The van der Waals surface area contributed by atoms with Gasteiger partial charge in [-0.3, -0.25) is 4.79 Å². The van der Waals surface area contributed by atoms with Crippen molar-refractivity contribution in [2.24, 2.45) is 0 Å². The molecule has 1 saturated heterocycles. The lowest BCUT2D eigenvalue weighted by atomic mass is 9.99. The monoisotopic (exact) mass is 303 g/mol. The Morgan fingerprint density at radius 2 is 2.14 bits per heavy atom. The van der Waals surface area contributed by atoms with Crippen molar-refractivity contribution in [2.45, 2.75) is 37.9 Å². The number of carbonyl (C=O) groups is 1. The SMILES string of the molecule is COC(=O)CC1CCCCN1c1ccc(C(F)(F)F)nn1. The third-order valence-corrected chi connectivity index (χ3v) is 3.49. The summed E-state index contributed by atoms with van der Waals surface area (Å²) in [5.41, 5.74) is -1.02. The minimum absolute atomic E-state index is 0.114. The van der Waals surface area contributed by atoms with E-state index in [1.54, 1.807) is 0 Å². The van der Waals surface area contributed by atoms with Gasteiger partial charge < -0.3 is 9.64 Å². The number of rotatable bonds is 3. The first kappa shape index (κ1) is 15.5. The molecule has 0 N–H and O–H groups in total. The van der Waals surface area contributed by atoms with Crippen LogP contribution in [-0.2, 0) is 15.7 Å². The van der Waals surface area contributed by atoms with E-state index in [1.165, 1.54) is 13.2 Å². The number of aromatic nitrogens is 2. The van der Waals surface area contributed by atoms with Gasteiger partial charge in [-0.2, -0.15) is 13.2 Å². The second kappa shape index (κ2) is 6.28. The Balaban J connectivity index is 2.15. The van der Waals surface area contributed by atoms with Crippen LogP contribution < -0.4 is 4.90 Å². The minimum Gasteiger partial charge on any atom is -0.469 e. The van der Waals surface area contributed by atoms with Crippen molar-refractivity contribution in [1.82, 2.24) is 10.2 Å². The number of alkyl halides is 3. The summed E-state index contributed by atoms with van der Waals surface area (Å²) in [7, 11) is 1.31. The molecule has 21 heavy (non-hydrogen) atoms. The number of ether oxygens (including phenoxy) is 1. The van der Waals surface area contributed by atoms with Crippen LogP contribution in [0.1, 0.15) is 31.4 Å². The molecule has 0 saturated carbocycles. The molecule has 0 amide bonds. The van der Waals surface area contributed by atoms with Gasteiger partial charge in [-0.05, 0) is 31.4 Å². The summed E-state index contributed by atoms with van der Waals surface area (Å²) in [6.45, 7) is 0.641. The van der Waals surface area contributed by atoms with E-state index in [-0.39, 0.29) is 18.4 Å². The van der Waals surface area contributed by atoms with Gasteiger partial charge in [0.2, 0.25) is 0 Å². The van der Waals surface area contributed by atoms with Gasteiger partial charge in [0, 0.05) is 12.6 Å². The van der Waals surface area contributed by atoms with Gasteiger partial charge in [0.1, 0.15) is 0 Å². The van der Waals surface area contributed by atoms with Crippen molar-refractivity contribution in [2.75, 3.05) is 18.6 Å². The number of methoxy groups -OCH3 is 1. The summed E-state index contributed by atoms with van der Waals surface area (Å²) in [5.74, 6) is 0.0170. The van der Waals surface area contributed by atoms with Gasteiger partial charge >= 0.3 is 12.1 Å². The maximum absolute atomic E-state index is 12.5. The zero-order chi connectivity index (χ0) is 15.5. The molecule has 0 radical (unpaired) electrons.